The molecular formula is C17H18N2O2S. The minimum absolute atomic E-state index is 0.281. The summed E-state index contributed by atoms with van der Waals surface area (Å²) in [5.74, 6) is 0. The quantitative estimate of drug-likeness (QED) is 0.886. The molecule has 0 amide bonds. The van der Waals surface area contributed by atoms with Gasteiger partial charge in [-0.3, -0.25) is 0 Å². The van der Waals surface area contributed by atoms with Crippen LogP contribution in [0.15, 0.2) is 52.5 Å². The lowest BCUT2D eigenvalue weighted by Crippen LogP contribution is -2.21. The van der Waals surface area contributed by atoms with E-state index < -0.39 is 10.0 Å². The van der Waals surface area contributed by atoms with Gasteiger partial charge in [0.15, 0.2) is 0 Å². The summed E-state index contributed by atoms with van der Waals surface area (Å²) in [4.78, 5) is 2.67. The highest BCUT2D eigenvalue weighted by Crippen LogP contribution is 2.22. The molecule has 4 nitrogen and oxygen atoms in total. The van der Waals surface area contributed by atoms with Gasteiger partial charge in [-0.2, -0.15) is 18.4 Å². The summed E-state index contributed by atoms with van der Waals surface area (Å²) >= 11 is 0. The number of fused-ring (bicyclic) bond motifs is 1. The number of nitrogens with one attached hydrogen (secondary N) is 1. The predicted octanol–water partition coefficient (Wildman–Crippen LogP) is 2.93. The van der Waals surface area contributed by atoms with Crippen LogP contribution in [0.1, 0.15) is 28.7 Å². The van der Waals surface area contributed by atoms with Crippen LogP contribution in [0.4, 0.5) is 0 Å². The van der Waals surface area contributed by atoms with E-state index in [1.165, 1.54) is 5.56 Å². The number of rotatable bonds is 3. The standard InChI is InChI=1S/C17H18N2O2S/c1-12-7-8-13(2)17(11-12)22(20,21)19-18-16-10-9-14-5-3-4-6-15(14)16/h3-8,11,19H,9-10H2,1-2H3/b18-16-. The molecule has 0 atom stereocenters. The Morgan fingerprint density at radius 3 is 2.64 bits per heavy atom. The second-order valence-corrected chi connectivity index (χ2v) is 7.21. The Morgan fingerprint density at radius 1 is 1.05 bits per heavy atom. The summed E-state index contributed by atoms with van der Waals surface area (Å²) in [6, 6.07) is 13.3. The molecule has 1 N–H and O–H groups in total. The summed E-state index contributed by atoms with van der Waals surface area (Å²) in [5, 5.41) is 4.16. The van der Waals surface area contributed by atoms with E-state index in [0.29, 0.717) is 5.56 Å². The molecule has 0 radical (unpaired) electrons. The van der Waals surface area contributed by atoms with E-state index in [1.807, 2.05) is 37.3 Å². The highest BCUT2D eigenvalue weighted by Gasteiger charge is 2.20. The average Bonchev–Trinajstić information content (AvgIpc) is 2.91. The predicted molar refractivity (Wildman–Crippen MR) is 87.5 cm³/mol. The summed E-state index contributed by atoms with van der Waals surface area (Å²) in [7, 11) is -3.64. The summed E-state index contributed by atoms with van der Waals surface area (Å²) in [5.41, 5.74) is 4.66. The monoisotopic (exact) mass is 314 g/mol. The van der Waals surface area contributed by atoms with Gasteiger partial charge < -0.3 is 0 Å². The van der Waals surface area contributed by atoms with Crippen LogP contribution in [0, 0.1) is 13.8 Å². The molecule has 0 unspecified atom stereocenters. The van der Waals surface area contributed by atoms with E-state index in [-0.39, 0.29) is 4.90 Å². The first kappa shape index (κ1) is 14.8. The van der Waals surface area contributed by atoms with E-state index in [4.69, 9.17) is 0 Å². The van der Waals surface area contributed by atoms with Gasteiger partial charge in [-0.1, -0.05) is 36.4 Å². The maximum Gasteiger partial charge on any atom is 0.276 e. The van der Waals surface area contributed by atoms with Gasteiger partial charge in [0.25, 0.3) is 10.0 Å². The lowest BCUT2D eigenvalue weighted by Gasteiger charge is -2.08. The van der Waals surface area contributed by atoms with E-state index in [1.54, 1.807) is 13.0 Å². The first-order valence-electron chi connectivity index (χ1n) is 7.21. The van der Waals surface area contributed by atoms with Gasteiger partial charge in [-0.05, 0) is 49.4 Å². The first-order valence-corrected chi connectivity index (χ1v) is 8.69. The fourth-order valence-electron chi connectivity index (χ4n) is 2.68. The maximum absolute atomic E-state index is 12.5. The lowest BCUT2D eigenvalue weighted by molar-refractivity contribution is 0.583. The molecule has 3 rings (SSSR count). The Hall–Kier alpha value is -2.14. The van der Waals surface area contributed by atoms with E-state index in [0.717, 1.165) is 29.7 Å². The largest absolute Gasteiger partial charge is 0.276 e. The zero-order valence-corrected chi connectivity index (χ0v) is 13.4. The van der Waals surface area contributed by atoms with Crippen LogP contribution in [0.25, 0.3) is 0 Å². The number of nitrogens with zero attached hydrogens (tertiary/aromatic N) is 1. The first-order chi connectivity index (χ1) is 10.5. The number of hydrazone groups is 1. The Bertz CT molecular complexity index is 855. The summed E-state index contributed by atoms with van der Waals surface area (Å²) < 4.78 is 24.9. The molecule has 0 heterocycles. The lowest BCUT2D eigenvalue weighted by atomic mass is 10.1. The highest BCUT2D eigenvalue weighted by atomic mass is 32.2. The maximum atomic E-state index is 12.5. The van der Waals surface area contributed by atoms with Crippen molar-refractivity contribution in [1.29, 1.82) is 0 Å². The minimum atomic E-state index is -3.64. The van der Waals surface area contributed by atoms with Crippen LogP contribution in [-0.4, -0.2) is 14.1 Å². The second-order valence-electron chi connectivity index (χ2n) is 5.58. The third-order valence-electron chi connectivity index (χ3n) is 3.89. The van der Waals surface area contributed by atoms with Crippen LogP contribution >= 0.6 is 0 Å². The van der Waals surface area contributed by atoms with Crippen LogP contribution in [0.5, 0.6) is 0 Å². The molecule has 2 aromatic rings. The zero-order valence-electron chi connectivity index (χ0n) is 12.6. The molecule has 0 bridgehead atoms. The molecule has 114 valence electrons. The molecule has 0 saturated carbocycles. The third-order valence-corrected chi connectivity index (χ3v) is 5.24. The van der Waals surface area contributed by atoms with Crippen molar-refractivity contribution in [2.75, 3.05) is 0 Å². The van der Waals surface area contributed by atoms with Crippen LogP contribution in [0.2, 0.25) is 0 Å². The third kappa shape index (κ3) is 2.76. The van der Waals surface area contributed by atoms with Gasteiger partial charge in [0.1, 0.15) is 0 Å². The number of benzene rings is 2. The van der Waals surface area contributed by atoms with Crippen molar-refractivity contribution < 1.29 is 8.42 Å². The molecule has 0 spiro atoms. The van der Waals surface area contributed by atoms with Gasteiger partial charge in [-0.15, -0.1) is 0 Å². The molecule has 0 fully saturated rings. The number of aryl methyl sites for hydroxylation is 3. The zero-order chi connectivity index (χ0) is 15.7. The van der Waals surface area contributed by atoms with Gasteiger partial charge in [0, 0.05) is 5.56 Å². The Labute approximate surface area is 130 Å². The van der Waals surface area contributed by atoms with Crippen LogP contribution in [0.3, 0.4) is 0 Å². The smallest absolute Gasteiger partial charge is 0.200 e. The van der Waals surface area contributed by atoms with Crippen molar-refractivity contribution in [3.8, 4) is 0 Å². The second kappa shape index (κ2) is 5.57. The fourth-order valence-corrected chi connectivity index (χ4v) is 3.85. The molecule has 0 saturated heterocycles. The van der Waals surface area contributed by atoms with E-state index in [2.05, 4.69) is 16.0 Å². The molecule has 2 aromatic carbocycles. The van der Waals surface area contributed by atoms with Gasteiger partial charge >= 0.3 is 0 Å². The number of sulfonamides is 1. The summed E-state index contributed by atoms with van der Waals surface area (Å²) in [6.45, 7) is 3.66. The normalized spacial score (nSPS) is 15.8. The van der Waals surface area contributed by atoms with Crippen molar-refractivity contribution in [3.63, 3.8) is 0 Å². The Morgan fingerprint density at radius 2 is 1.82 bits per heavy atom. The van der Waals surface area contributed by atoms with Crippen molar-refractivity contribution in [2.45, 2.75) is 31.6 Å². The van der Waals surface area contributed by atoms with E-state index in [9.17, 15) is 8.42 Å². The van der Waals surface area contributed by atoms with Crippen LogP contribution < -0.4 is 4.83 Å². The van der Waals surface area contributed by atoms with Gasteiger partial charge in [0.2, 0.25) is 0 Å². The molecule has 1 aliphatic carbocycles. The van der Waals surface area contributed by atoms with Crippen LogP contribution in [-0.2, 0) is 16.4 Å². The molecule has 1 aliphatic rings. The Kier molecular flexibility index (Phi) is 3.74. The van der Waals surface area contributed by atoms with Crippen molar-refractivity contribution in [3.05, 3.63) is 64.7 Å². The number of hydrogen-bond donors (Lipinski definition) is 1. The summed E-state index contributed by atoms with van der Waals surface area (Å²) in [6.07, 6.45) is 1.66. The van der Waals surface area contributed by atoms with Gasteiger partial charge in [-0.25, -0.2) is 0 Å². The topological polar surface area (TPSA) is 58.5 Å². The minimum Gasteiger partial charge on any atom is -0.200 e. The van der Waals surface area contributed by atoms with Crippen molar-refractivity contribution >= 4 is 15.7 Å². The van der Waals surface area contributed by atoms with Gasteiger partial charge in [0.05, 0.1) is 10.6 Å². The molecule has 22 heavy (non-hydrogen) atoms. The molecule has 0 aromatic heterocycles. The molecule has 5 heteroatoms. The Balaban J connectivity index is 1.90. The SMILES string of the molecule is Cc1ccc(C)c(S(=O)(=O)N/N=C2/CCc3ccccc32)c1. The van der Waals surface area contributed by atoms with Crippen molar-refractivity contribution in [2.24, 2.45) is 5.10 Å². The molecule has 0 aliphatic heterocycles. The molecular weight excluding hydrogens is 296 g/mol. The number of hydrogen-bond acceptors (Lipinski definition) is 3. The fraction of sp³-hybridized carbons (Fsp3) is 0.235. The average molecular weight is 314 g/mol. The highest BCUT2D eigenvalue weighted by molar-refractivity contribution is 7.89. The van der Waals surface area contributed by atoms with E-state index >= 15 is 0 Å². The van der Waals surface area contributed by atoms with Crippen molar-refractivity contribution in [1.82, 2.24) is 4.83 Å².